The number of rotatable bonds is 4. The summed E-state index contributed by atoms with van der Waals surface area (Å²) in [5.41, 5.74) is 3.21. The Kier molecular flexibility index (Phi) is 4.66. The Labute approximate surface area is 176 Å². The monoisotopic (exact) mass is 401 g/mol. The molecule has 0 radical (unpaired) electrons. The van der Waals surface area contributed by atoms with Crippen LogP contribution in [-0.4, -0.2) is 57.1 Å². The number of carbonyl (C=O) groups excluding carboxylic acids is 1. The average Bonchev–Trinajstić information content (AvgIpc) is 3.31. The van der Waals surface area contributed by atoms with Crippen molar-refractivity contribution in [3.63, 3.8) is 0 Å². The van der Waals surface area contributed by atoms with Gasteiger partial charge in [-0.25, -0.2) is 4.98 Å². The van der Waals surface area contributed by atoms with E-state index in [0.29, 0.717) is 0 Å². The number of likely N-dealkylation sites (tertiary alicyclic amines) is 2. The molecule has 1 unspecified atom stereocenters. The number of H-pyrrole nitrogens is 1. The average molecular weight is 402 g/mol. The van der Waals surface area contributed by atoms with Gasteiger partial charge >= 0.3 is 0 Å². The first-order chi connectivity index (χ1) is 14.5. The molecule has 6 heteroatoms. The van der Waals surface area contributed by atoms with Gasteiger partial charge in [-0.3, -0.25) is 14.8 Å². The first kappa shape index (κ1) is 19.0. The maximum absolute atomic E-state index is 13.0. The molecule has 2 fully saturated rings. The normalized spacial score (nSPS) is 20.5. The van der Waals surface area contributed by atoms with Crippen LogP contribution in [0.15, 0.2) is 54.6 Å². The number of hydrogen-bond donors (Lipinski definition) is 1. The molecule has 0 bridgehead atoms. The molecule has 30 heavy (non-hydrogen) atoms. The van der Waals surface area contributed by atoms with E-state index in [4.69, 9.17) is 0 Å². The molecule has 1 atom stereocenters. The minimum Gasteiger partial charge on any atom is -0.337 e. The lowest BCUT2D eigenvalue weighted by Crippen LogP contribution is -2.61. The molecule has 2 aliphatic heterocycles. The van der Waals surface area contributed by atoms with Crippen molar-refractivity contribution in [2.45, 2.75) is 26.3 Å². The van der Waals surface area contributed by atoms with E-state index in [1.807, 2.05) is 43.0 Å². The number of aryl methyl sites for hydroxylation is 2. The largest absolute Gasteiger partial charge is 0.337 e. The highest BCUT2D eigenvalue weighted by Gasteiger charge is 2.57. The highest BCUT2D eigenvalue weighted by atomic mass is 16.2. The molecule has 3 heterocycles. The summed E-state index contributed by atoms with van der Waals surface area (Å²) in [5.74, 6) is 2.07. The summed E-state index contributed by atoms with van der Waals surface area (Å²) in [6.45, 7) is 8.25. The van der Waals surface area contributed by atoms with Crippen LogP contribution in [-0.2, 0) is 6.54 Å². The third-order valence-electron chi connectivity index (χ3n) is 6.46. The van der Waals surface area contributed by atoms with Crippen molar-refractivity contribution < 1.29 is 4.79 Å². The summed E-state index contributed by atoms with van der Waals surface area (Å²) in [4.78, 5) is 22.1. The smallest absolute Gasteiger partial charge is 0.253 e. The Balaban J connectivity index is 1.36. The van der Waals surface area contributed by atoms with Crippen LogP contribution in [0.3, 0.4) is 0 Å². The van der Waals surface area contributed by atoms with Crippen LogP contribution in [0, 0.1) is 19.3 Å². The standard InChI is InChI=1S/C24H27N5O/c1-17-7-6-10-20(11-17)23(30)29-15-24(16-29)14-28(12-19-8-4-3-5-9-19)13-21(24)22-25-18(2)26-27-22/h3-11,21H,12-16H2,1-2H3,(H,25,26,27). The van der Waals surface area contributed by atoms with Crippen LogP contribution in [0.4, 0.5) is 0 Å². The minimum atomic E-state index is 0.0168. The van der Waals surface area contributed by atoms with Gasteiger partial charge in [0.15, 0.2) is 5.82 Å². The summed E-state index contributed by atoms with van der Waals surface area (Å²) >= 11 is 0. The van der Waals surface area contributed by atoms with Gasteiger partial charge in [0.1, 0.15) is 5.82 Å². The van der Waals surface area contributed by atoms with Gasteiger partial charge in [-0.2, -0.15) is 5.10 Å². The molecule has 154 valence electrons. The maximum atomic E-state index is 13.0. The van der Waals surface area contributed by atoms with E-state index in [9.17, 15) is 4.79 Å². The molecule has 1 amide bonds. The predicted octanol–water partition coefficient (Wildman–Crippen LogP) is 3.16. The Morgan fingerprint density at radius 3 is 2.60 bits per heavy atom. The third-order valence-corrected chi connectivity index (χ3v) is 6.46. The van der Waals surface area contributed by atoms with Gasteiger partial charge in [0.2, 0.25) is 0 Å². The topological polar surface area (TPSA) is 65.1 Å². The van der Waals surface area contributed by atoms with E-state index >= 15 is 0 Å². The maximum Gasteiger partial charge on any atom is 0.253 e. The second-order valence-electron chi connectivity index (χ2n) is 8.88. The van der Waals surface area contributed by atoms with Crippen molar-refractivity contribution >= 4 is 5.91 Å². The van der Waals surface area contributed by atoms with Crippen molar-refractivity contribution in [3.8, 4) is 0 Å². The Morgan fingerprint density at radius 2 is 1.90 bits per heavy atom. The fourth-order valence-corrected chi connectivity index (χ4v) is 5.04. The van der Waals surface area contributed by atoms with Gasteiger partial charge in [-0.05, 0) is 31.5 Å². The molecule has 2 aromatic carbocycles. The number of nitrogens with one attached hydrogen (secondary N) is 1. The summed E-state index contributed by atoms with van der Waals surface area (Å²) in [6, 6.07) is 18.4. The van der Waals surface area contributed by atoms with Crippen LogP contribution < -0.4 is 0 Å². The zero-order valence-electron chi connectivity index (χ0n) is 17.5. The zero-order chi connectivity index (χ0) is 20.7. The van der Waals surface area contributed by atoms with E-state index < -0.39 is 0 Å². The lowest BCUT2D eigenvalue weighted by atomic mass is 9.71. The van der Waals surface area contributed by atoms with E-state index in [1.165, 1.54) is 5.56 Å². The zero-order valence-corrected chi connectivity index (χ0v) is 17.5. The van der Waals surface area contributed by atoms with Gasteiger partial charge in [0.25, 0.3) is 5.91 Å². The van der Waals surface area contributed by atoms with Crippen LogP contribution >= 0.6 is 0 Å². The van der Waals surface area contributed by atoms with Crippen LogP contribution in [0.5, 0.6) is 0 Å². The van der Waals surface area contributed by atoms with E-state index in [-0.39, 0.29) is 17.2 Å². The SMILES string of the molecule is Cc1cccc(C(=O)N2CC3(CN(Cc4ccccc4)CC3c3n[nH]c(C)n3)C2)c1. The Morgan fingerprint density at radius 1 is 1.10 bits per heavy atom. The predicted molar refractivity (Wildman–Crippen MR) is 115 cm³/mol. The van der Waals surface area contributed by atoms with Crippen molar-refractivity contribution in [3.05, 3.63) is 82.9 Å². The van der Waals surface area contributed by atoms with Crippen molar-refractivity contribution in [1.29, 1.82) is 0 Å². The molecule has 0 saturated carbocycles. The van der Waals surface area contributed by atoms with Gasteiger partial charge in [-0.15, -0.1) is 0 Å². The second-order valence-corrected chi connectivity index (χ2v) is 8.88. The number of aromatic nitrogens is 3. The van der Waals surface area contributed by atoms with E-state index in [1.54, 1.807) is 0 Å². The summed E-state index contributed by atoms with van der Waals surface area (Å²) in [7, 11) is 0. The van der Waals surface area contributed by atoms with Gasteiger partial charge in [0, 0.05) is 49.6 Å². The summed E-state index contributed by atoms with van der Waals surface area (Å²) < 4.78 is 0. The molecule has 1 N–H and O–H groups in total. The van der Waals surface area contributed by atoms with Crippen molar-refractivity contribution in [1.82, 2.24) is 25.0 Å². The molecule has 2 aliphatic rings. The molecular weight excluding hydrogens is 374 g/mol. The number of carbonyl (C=O) groups is 1. The highest BCUT2D eigenvalue weighted by Crippen LogP contribution is 2.49. The molecule has 6 nitrogen and oxygen atoms in total. The van der Waals surface area contributed by atoms with Gasteiger partial charge in [0.05, 0.1) is 0 Å². The molecular formula is C24H27N5O. The van der Waals surface area contributed by atoms with Crippen molar-refractivity contribution in [2.75, 3.05) is 26.2 Å². The second kappa shape index (κ2) is 7.36. The Bertz CT molecular complexity index is 1050. The minimum absolute atomic E-state index is 0.0168. The quantitative estimate of drug-likeness (QED) is 0.729. The number of amides is 1. The third kappa shape index (κ3) is 3.41. The van der Waals surface area contributed by atoms with E-state index in [0.717, 1.165) is 55.5 Å². The molecule has 3 aromatic rings. The summed E-state index contributed by atoms with van der Waals surface area (Å²) in [6.07, 6.45) is 0. The van der Waals surface area contributed by atoms with Crippen LogP contribution in [0.2, 0.25) is 0 Å². The molecule has 5 rings (SSSR count). The lowest BCUT2D eigenvalue weighted by Gasteiger charge is -2.50. The first-order valence-corrected chi connectivity index (χ1v) is 10.5. The molecule has 1 aromatic heterocycles. The number of hydrogen-bond acceptors (Lipinski definition) is 4. The molecule has 1 spiro atoms. The number of aromatic amines is 1. The number of nitrogens with zero attached hydrogens (tertiary/aromatic N) is 4. The fraction of sp³-hybridized carbons (Fsp3) is 0.375. The first-order valence-electron chi connectivity index (χ1n) is 10.5. The molecule has 2 saturated heterocycles. The fourth-order valence-electron chi connectivity index (χ4n) is 5.04. The number of benzene rings is 2. The van der Waals surface area contributed by atoms with E-state index in [2.05, 4.69) is 50.4 Å². The van der Waals surface area contributed by atoms with Gasteiger partial charge in [-0.1, -0.05) is 48.0 Å². The lowest BCUT2D eigenvalue weighted by molar-refractivity contribution is 0.00179. The van der Waals surface area contributed by atoms with Crippen LogP contribution in [0.25, 0.3) is 0 Å². The molecule has 0 aliphatic carbocycles. The highest BCUT2D eigenvalue weighted by molar-refractivity contribution is 5.95. The summed E-state index contributed by atoms with van der Waals surface area (Å²) in [5, 5.41) is 7.49. The Hall–Kier alpha value is -2.99. The van der Waals surface area contributed by atoms with Crippen LogP contribution in [0.1, 0.15) is 39.1 Å². The van der Waals surface area contributed by atoms with Gasteiger partial charge < -0.3 is 4.90 Å². The van der Waals surface area contributed by atoms with Crippen molar-refractivity contribution in [2.24, 2.45) is 5.41 Å².